The molecule has 0 aliphatic heterocycles. The minimum absolute atomic E-state index is 0.197. The molecular formula is C6H9ClN4. The first-order valence-corrected chi connectivity index (χ1v) is 3.47. The van der Waals surface area contributed by atoms with E-state index in [0.29, 0.717) is 16.5 Å². The van der Waals surface area contributed by atoms with Crippen molar-refractivity contribution in [3.63, 3.8) is 0 Å². The fraction of sp³-hybridized carbons (Fsp3) is 0.333. The molecule has 0 aliphatic rings. The number of rotatable bonds is 0. The van der Waals surface area contributed by atoms with E-state index < -0.39 is 0 Å². The van der Waals surface area contributed by atoms with Gasteiger partial charge in [-0.25, -0.2) is 9.66 Å². The molecule has 11 heavy (non-hydrogen) atoms. The van der Waals surface area contributed by atoms with Crippen LogP contribution in [-0.4, -0.2) is 9.66 Å². The largest absolute Gasteiger partial charge is 0.336 e. The molecule has 3 N–H and O–H groups in total. The maximum absolute atomic E-state index is 7.44. The Morgan fingerprint density at radius 1 is 1.55 bits per heavy atom. The highest BCUT2D eigenvalue weighted by molar-refractivity contribution is 6.30. The molecule has 0 unspecified atom stereocenters. The number of nitrogen functional groups attached to an aromatic ring is 1. The number of aryl methyl sites for hydroxylation is 1. The van der Waals surface area contributed by atoms with Crippen molar-refractivity contribution in [3.05, 3.63) is 22.0 Å². The van der Waals surface area contributed by atoms with Crippen molar-refractivity contribution >= 4 is 11.6 Å². The summed E-state index contributed by atoms with van der Waals surface area (Å²) in [7, 11) is 0. The molecule has 0 radical (unpaired) electrons. The lowest BCUT2D eigenvalue weighted by Crippen LogP contribution is -2.32. The number of hydrogen-bond acceptors (Lipinski definition) is 3. The van der Waals surface area contributed by atoms with E-state index >= 15 is 0 Å². The summed E-state index contributed by atoms with van der Waals surface area (Å²) in [4.78, 5) is 3.92. The molecule has 1 heterocycles. The number of hydrogen-bond donors (Lipinski definition) is 2. The Kier molecular flexibility index (Phi) is 1.87. The van der Waals surface area contributed by atoms with E-state index in [-0.39, 0.29) is 5.49 Å². The van der Waals surface area contributed by atoms with Gasteiger partial charge in [0.25, 0.3) is 0 Å². The Labute approximate surface area is 69.1 Å². The number of nitrogens with one attached hydrogen (secondary N) is 1. The van der Waals surface area contributed by atoms with E-state index in [9.17, 15) is 0 Å². The van der Waals surface area contributed by atoms with Crippen molar-refractivity contribution < 1.29 is 0 Å². The van der Waals surface area contributed by atoms with Crippen LogP contribution < -0.4 is 11.3 Å². The topological polar surface area (TPSA) is 67.7 Å². The summed E-state index contributed by atoms with van der Waals surface area (Å²) in [6.45, 7) is 3.41. The Bertz CT molecular complexity index is 312. The highest BCUT2D eigenvalue weighted by Crippen LogP contribution is 2.05. The predicted octanol–water partition coefficient (Wildman–Crippen LogP) is 0.347. The molecule has 1 aromatic rings. The Balaban J connectivity index is 3.59. The molecule has 1 aromatic heterocycles. The van der Waals surface area contributed by atoms with Gasteiger partial charge in [0.1, 0.15) is 11.0 Å². The number of halogens is 1. The molecule has 0 atom stereocenters. The van der Waals surface area contributed by atoms with Gasteiger partial charge in [-0.2, -0.15) is 0 Å². The molecule has 0 spiro atoms. The first-order valence-electron chi connectivity index (χ1n) is 3.09. The summed E-state index contributed by atoms with van der Waals surface area (Å²) in [5.74, 6) is 5.99. The molecule has 0 saturated heterocycles. The predicted molar refractivity (Wildman–Crippen MR) is 42.7 cm³/mol. The smallest absolute Gasteiger partial charge is 0.151 e. The van der Waals surface area contributed by atoms with Gasteiger partial charge in [-0.15, -0.1) is 0 Å². The van der Waals surface area contributed by atoms with Crippen LogP contribution in [0.5, 0.6) is 0 Å². The normalized spacial score (nSPS) is 10.1. The van der Waals surface area contributed by atoms with Crippen molar-refractivity contribution in [2.75, 3.05) is 5.84 Å². The lowest BCUT2D eigenvalue weighted by Gasteiger charge is -2.05. The van der Waals surface area contributed by atoms with Crippen molar-refractivity contribution in [3.8, 4) is 0 Å². The number of nitrogens with zero attached hydrogens (tertiary/aromatic N) is 2. The van der Waals surface area contributed by atoms with E-state index in [1.807, 2.05) is 0 Å². The monoisotopic (exact) mass is 172 g/mol. The van der Waals surface area contributed by atoms with E-state index in [1.54, 1.807) is 13.8 Å². The van der Waals surface area contributed by atoms with Crippen molar-refractivity contribution in [2.45, 2.75) is 13.8 Å². The molecule has 1 rings (SSSR count). The van der Waals surface area contributed by atoms with Crippen LogP contribution in [0.4, 0.5) is 0 Å². The summed E-state index contributed by atoms with van der Waals surface area (Å²) in [5.41, 5.74) is 0.794. The second-order valence-electron chi connectivity index (χ2n) is 2.29. The second-order valence-corrected chi connectivity index (χ2v) is 2.65. The molecule has 4 nitrogen and oxygen atoms in total. The average molecular weight is 173 g/mol. The van der Waals surface area contributed by atoms with Crippen LogP contribution in [0.1, 0.15) is 11.4 Å². The van der Waals surface area contributed by atoms with Crippen LogP contribution in [0.15, 0.2) is 0 Å². The maximum atomic E-state index is 7.44. The number of nitrogens with two attached hydrogens (primary N) is 1. The zero-order chi connectivity index (χ0) is 8.59. The Morgan fingerprint density at radius 3 is 2.64 bits per heavy atom. The SMILES string of the molecule is Cc1c(Cl)nc(C)n(N)c1=N. The summed E-state index contributed by atoms with van der Waals surface area (Å²) < 4.78 is 1.20. The lowest BCUT2D eigenvalue weighted by molar-refractivity contribution is 0.781. The van der Waals surface area contributed by atoms with E-state index in [2.05, 4.69) is 4.98 Å². The van der Waals surface area contributed by atoms with Crippen LogP contribution >= 0.6 is 11.6 Å². The van der Waals surface area contributed by atoms with Crippen LogP contribution in [0, 0.1) is 19.3 Å². The molecule has 0 amide bonds. The van der Waals surface area contributed by atoms with Gasteiger partial charge in [0.05, 0.1) is 0 Å². The van der Waals surface area contributed by atoms with Gasteiger partial charge < -0.3 is 5.84 Å². The zero-order valence-electron chi connectivity index (χ0n) is 6.35. The first-order chi connectivity index (χ1) is 5.04. The quantitative estimate of drug-likeness (QED) is 0.438. The molecule has 0 saturated carbocycles. The summed E-state index contributed by atoms with van der Waals surface area (Å²) in [6, 6.07) is 0. The molecule has 0 aliphatic carbocycles. The average Bonchev–Trinajstić information content (AvgIpc) is 1.97. The van der Waals surface area contributed by atoms with Crippen LogP contribution in [0.3, 0.4) is 0 Å². The minimum Gasteiger partial charge on any atom is -0.336 e. The van der Waals surface area contributed by atoms with Crippen molar-refractivity contribution in [1.82, 2.24) is 9.66 Å². The fourth-order valence-electron chi connectivity index (χ4n) is 0.720. The molecule has 5 heteroatoms. The van der Waals surface area contributed by atoms with Crippen LogP contribution in [0.25, 0.3) is 0 Å². The third kappa shape index (κ3) is 1.21. The van der Waals surface area contributed by atoms with Gasteiger partial charge in [0.15, 0.2) is 5.49 Å². The van der Waals surface area contributed by atoms with Gasteiger partial charge in [-0.1, -0.05) is 11.6 Å². The van der Waals surface area contributed by atoms with Crippen LogP contribution in [-0.2, 0) is 0 Å². The molecule has 60 valence electrons. The summed E-state index contributed by atoms with van der Waals surface area (Å²) in [5, 5.41) is 7.78. The minimum atomic E-state index is 0.197. The van der Waals surface area contributed by atoms with Crippen molar-refractivity contribution in [2.24, 2.45) is 0 Å². The van der Waals surface area contributed by atoms with E-state index in [0.717, 1.165) is 0 Å². The molecule has 0 bridgehead atoms. The maximum Gasteiger partial charge on any atom is 0.151 e. The third-order valence-corrected chi connectivity index (χ3v) is 1.88. The van der Waals surface area contributed by atoms with Gasteiger partial charge in [0, 0.05) is 5.56 Å². The number of aromatic nitrogens is 2. The molecular weight excluding hydrogens is 164 g/mol. The first kappa shape index (κ1) is 8.07. The summed E-state index contributed by atoms with van der Waals surface area (Å²) in [6.07, 6.45) is 0. The third-order valence-electron chi connectivity index (χ3n) is 1.51. The molecule has 0 aromatic carbocycles. The standard InChI is InChI=1S/C6H9ClN4/c1-3-5(7)10-4(2)11(9)6(3)8/h8H,9H2,1-2H3. The van der Waals surface area contributed by atoms with Gasteiger partial charge in [-0.05, 0) is 13.8 Å². The van der Waals surface area contributed by atoms with Gasteiger partial charge in [0.2, 0.25) is 0 Å². The van der Waals surface area contributed by atoms with Gasteiger partial charge in [-0.3, -0.25) is 5.41 Å². The Morgan fingerprint density at radius 2 is 2.09 bits per heavy atom. The van der Waals surface area contributed by atoms with Gasteiger partial charge >= 0.3 is 0 Å². The second kappa shape index (κ2) is 2.54. The fourth-order valence-corrected chi connectivity index (χ4v) is 0.932. The van der Waals surface area contributed by atoms with E-state index in [4.69, 9.17) is 22.9 Å². The Hall–Kier alpha value is -1.03. The summed E-state index contributed by atoms with van der Waals surface area (Å²) >= 11 is 5.69. The van der Waals surface area contributed by atoms with Crippen molar-refractivity contribution in [1.29, 1.82) is 5.41 Å². The highest BCUT2D eigenvalue weighted by Gasteiger charge is 2.02. The van der Waals surface area contributed by atoms with E-state index in [1.165, 1.54) is 4.68 Å². The van der Waals surface area contributed by atoms with Crippen LogP contribution in [0.2, 0.25) is 5.15 Å². The molecule has 0 fully saturated rings. The zero-order valence-corrected chi connectivity index (χ0v) is 7.11. The lowest BCUT2D eigenvalue weighted by atomic mass is 10.4. The highest BCUT2D eigenvalue weighted by atomic mass is 35.5.